The van der Waals surface area contributed by atoms with Crippen LogP contribution in [0.1, 0.15) is 42.0 Å². The number of hydrogen-bond acceptors (Lipinski definition) is 8. The van der Waals surface area contributed by atoms with Crippen molar-refractivity contribution in [2.24, 2.45) is 5.73 Å². The van der Waals surface area contributed by atoms with Crippen LogP contribution in [0.25, 0.3) is 0 Å². The van der Waals surface area contributed by atoms with Crippen LogP contribution in [0.5, 0.6) is 0 Å². The van der Waals surface area contributed by atoms with E-state index in [1.165, 1.54) is 35.7 Å². The zero-order chi connectivity index (χ0) is 34.1. The van der Waals surface area contributed by atoms with E-state index in [-0.39, 0.29) is 23.6 Å². The number of methoxy groups -OCH3 is 1. The number of benzene rings is 4. The molecule has 2 atom stereocenters. The lowest BCUT2D eigenvalue weighted by Crippen LogP contribution is -2.50. The summed E-state index contributed by atoms with van der Waals surface area (Å²) >= 11 is 0. The number of sulfonamides is 1. The molecule has 0 aliphatic heterocycles. The standard InChI is InChI=1S/C36H41N3O7S/c1-25(2)39(47(44,45)32-19-17-26(23-40)18-20-32)31(24-41)22-27-11-10-16-30(21-27)38(36(43)46-3)35(42)34(37)33(28-12-6-4-7-13-28)29-14-8-5-9-15-29/h4-21,25,31,33-34,40-41H,22-24,37H2,1-3H3/t31-,34-/m0/s1. The van der Waals surface area contributed by atoms with Gasteiger partial charge in [0.25, 0.3) is 5.91 Å². The lowest BCUT2D eigenvalue weighted by atomic mass is 9.84. The van der Waals surface area contributed by atoms with Gasteiger partial charge in [-0.15, -0.1) is 0 Å². The molecular formula is C36H41N3O7S. The van der Waals surface area contributed by atoms with E-state index in [0.29, 0.717) is 11.1 Å². The van der Waals surface area contributed by atoms with Gasteiger partial charge in [0.2, 0.25) is 10.0 Å². The molecule has 0 heterocycles. The van der Waals surface area contributed by atoms with Crippen LogP contribution in [0.4, 0.5) is 10.5 Å². The minimum absolute atomic E-state index is 0.0263. The lowest BCUT2D eigenvalue weighted by molar-refractivity contribution is -0.119. The molecule has 4 N–H and O–H groups in total. The van der Waals surface area contributed by atoms with E-state index in [0.717, 1.165) is 16.0 Å². The van der Waals surface area contributed by atoms with Gasteiger partial charge in [0.1, 0.15) is 0 Å². The number of rotatable bonds is 13. The molecule has 4 aromatic carbocycles. The van der Waals surface area contributed by atoms with Crippen LogP contribution >= 0.6 is 0 Å². The van der Waals surface area contributed by atoms with Crippen molar-refractivity contribution in [2.45, 2.75) is 55.8 Å². The maximum absolute atomic E-state index is 14.1. The number of hydrogen-bond donors (Lipinski definition) is 3. The molecule has 47 heavy (non-hydrogen) atoms. The van der Waals surface area contributed by atoms with Gasteiger partial charge >= 0.3 is 6.09 Å². The van der Waals surface area contributed by atoms with Gasteiger partial charge in [-0.25, -0.2) is 18.1 Å². The first-order valence-corrected chi connectivity index (χ1v) is 16.7. The molecule has 2 amide bonds. The molecule has 0 saturated carbocycles. The number of imide groups is 1. The van der Waals surface area contributed by atoms with Gasteiger partial charge in [-0.1, -0.05) is 84.9 Å². The number of carbonyl (C=O) groups excluding carboxylic acids is 2. The van der Waals surface area contributed by atoms with Gasteiger partial charge in [0.15, 0.2) is 0 Å². The Morgan fingerprint density at radius 2 is 1.38 bits per heavy atom. The van der Waals surface area contributed by atoms with Crippen LogP contribution in [-0.2, 0) is 32.6 Å². The summed E-state index contributed by atoms with van der Waals surface area (Å²) in [5, 5.41) is 19.8. The second-order valence-corrected chi connectivity index (χ2v) is 13.3. The summed E-state index contributed by atoms with van der Waals surface area (Å²) in [7, 11) is -2.88. The van der Waals surface area contributed by atoms with E-state index < -0.39 is 52.7 Å². The highest BCUT2D eigenvalue weighted by molar-refractivity contribution is 7.89. The monoisotopic (exact) mass is 659 g/mol. The average molecular weight is 660 g/mol. The molecule has 11 heteroatoms. The maximum Gasteiger partial charge on any atom is 0.420 e. The Bertz CT molecular complexity index is 1690. The fraction of sp³-hybridized carbons (Fsp3) is 0.278. The molecule has 248 valence electrons. The Morgan fingerprint density at radius 3 is 1.87 bits per heavy atom. The summed E-state index contributed by atoms with van der Waals surface area (Å²) < 4.78 is 33.8. The Kier molecular flexibility index (Phi) is 12.0. The molecule has 0 bridgehead atoms. The number of carbonyl (C=O) groups is 2. The predicted molar refractivity (Wildman–Crippen MR) is 180 cm³/mol. The van der Waals surface area contributed by atoms with Crippen molar-refractivity contribution < 1.29 is 33.0 Å². The van der Waals surface area contributed by atoms with Crippen LogP contribution in [0.2, 0.25) is 0 Å². The molecular weight excluding hydrogens is 618 g/mol. The van der Waals surface area contributed by atoms with Crippen LogP contribution in [-0.4, -0.2) is 66.8 Å². The predicted octanol–water partition coefficient (Wildman–Crippen LogP) is 4.44. The maximum atomic E-state index is 14.1. The van der Waals surface area contributed by atoms with Crippen molar-refractivity contribution >= 4 is 27.7 Å². The fourth-order valence-corrected chi connectivity index (χ4v) is 7.56. The first-order chi connectivity index (χ1) is 22.5. The minimum atomic E-state index is -4.05. The lowest BCUT2D eigenvalue weighted by Gasteiger charge is -2.33. The number of ether oxygens (including phenoxy) is 1. The number of anilines is 1. The Morgan fingerprint density at radius 1 is 0.809 bits per heavy atom. The molecule has 10 nitrogen and oxygen atoms in total. The van der Waals surface area contributed by atoms with Crippen molar-refractivity contribution in [2.75, 3.05) is 18.6 Å². The Labute approximate surface area is 276 Å². The number of nitrogens with zero attached hydrogens (tertiary/aromatic N) is 2. The highest BCUT2D eigenvalue weighted by Crippen LogP contribution is 2.30. The summed E-state index contributed by atoms with van der Waals surface area (Å²) in [6.45, 7) is 2.72. The van der Waals surface area contributed by atoms with Gasteiger partial charge in [-0.2, -0.15) is 4.31 Å². The van der Waals surface area contributed by atoms with Crippen molar-refractivity contribution in [3.8, 4) is 0 Å². The van der Waals surface area contributed by atoms with E-state index in [4.69, 9.17) is 10.5 Å². The minimum Gasteiger partial charge on any atom is -0.452 e. The average Bonchev–Trinajstić information content (AvgIpc) is 3.08. The molecule has 0 fully saturated rings. The first kappa shape index (κ1) is 35.5. The topological polar surface area (TPSA) is 150 Å². The summed E-state index contributed by atoms with van der Waals surface area (Å²) in [4.78, 5) is 28.2. The molecule has 0 spiro atoms. The number of aliphatic hydroxyl groups is 2. The second kappa shape index (κ2) is 15.9. The van der Waals surface area contributed by atoms with E-state index in [9.17, 15) is 28.2 Å². The van der Waals surface area contributed by atoms with Gasteiger partial charge in [0.05, 0.1) is 43.0 Å². The molecule has 4 aromatic rings. The smallest absolute Gasteiger partial charge is 0.420 e. The highest BCUT2D eigenvalue weighted by Gasteiger charge is 2.36. The van der Waals surface area contributed by atoms with E-state index in [1.54, 1.807) is 38.1 Å². The zero-order valence-corrected chi connectivity index (χ0v) is 27.5. The largest absolute Gasteiger partial charge is 0.452 e. The summed E-state index contributed by atoms with van der Waals surface area (Å²) in [6.07, 6.45) is -0.860. The van der Waals surface area contributed by atoms with Gasteiger partial charge in [-0.05, 0) is 66.8 Å². The molecule has 0 unspecified atom stereocenters. The molecule has 0 saturated heterocycles. The van der Waals surface area contributed by atoms with Gasteiger partial charge in [0, 0.05) is 12.0 Å². The first-order valence-electron chi connectivity index (χ1n) is 15.2. The third kappa shape index (κ3) is 8.13. The Balaban J connectivity index is 1.68. The molecule has 0 aliphatic carbocycles. The van der Waals surface area contributed by atoms with Crippen molar-refractivity contribution in [3.05, 3.63) is 131 Å². The van der Waals surface area contributed by atoms with Gasteiger partial charge in [-0.3, -0.25) is 4.79 Å². The normalized spacial score (nSPS) is 13.0. The fourth-order valence-electron chi connectivity index (χ4n) is 5.75. The van der Waals surface area contributed by atoms with Crippen LogP contribution < -0.4 is 10.6 Å². The SMILES string of the molecule is COC(=O)N(C(=O)[C@@H](N)C(c1ccccc1)c1ccccc1)c1cccc(C[C@@H](CO)N(C(C)C)S(=O)(=O)c2ccc(CO)cc2)c1. The van der Waals surface area contributed by atoms with Crippen molar-refractivity contribution in [3.63, 3.8) is 0 Å². The quantitative estimate of drug-likeness (QED) is 0.191. The number of aliphatic hydroxyl groups excluding tert-OH is 2. The van der Waals surface area contributed by atoms with Crippen molar-refractivity contribution in [1.29, 1.82) is 0 Å². The van der Waals surface area contributed by atoms with Crippen LogP contribution in [0, 0.1) is 0 Å². The van der Waals surface area contributed by atoms with E-state index in [2.05, 4.69) is 0 Å². The molecule has 0 aromatic heterocycles. The van der Waals surface area contributed by atoms with Gasteiger partial charge < -0.3 is 20.7 Å². The number of nitrogens with two attached hydrogens (primary N) is 1. The Hall–Kier alpha value is -4.39. The molecule has 0 radical (unpaired) electrons. The second-order valence-electron chi connectivity index (χ2n) is 11.4. The van der Waals surface area contributed by atoms with E-state index in [1.807, 2.05) is 60.7 Å². The summed E-state index contributed by atoms with van der Waals surface area (Å²) in [6, 6.07) is 28.5. The van der Waals surface area contributed by atoms with E-state index >= 15 is 0 Å². The molecule has 0 aliphatic rings. The third-order valence-corrected chi connectivity index (χ3v) is 10.1. The van der Waals surface area contributed by atoms with Crippen LogP contribution in [0.3, 0.4) is 0 Å². The summed E-state index contributed by atoms with van der Waals surface area (Å²) in [5.41, 5.74) is 9.58. The number of amides is 2. The third-order valence-electron chi connectivity index (χ3n) is 7.94. The zero-order valence-electron chi connectivity index (χ0n) is 26.6. The summed E-state index contributed by atoms with van der Waals surface area (Å²) in [5.74, 6) is -1.27. The van der Waals surface area contributed by atoms with Crippen LogP contribution in [0.15, 0.2) is 114 Å². The highest BCUT2D eigenvalue weighted by atomic mass is 32.2. The van der Waals surface area contributed by atoms with Crippen molar-refractivity contribution in [1.82, 2.24) is 4.31 Å². The molecule has 4 rings (SSSR count).